The van der Waals surface area contributed by atoms with Gasteiger partial charge in [-0.15, -0.1) is 0 Å². The monoisotopic (exact) mass is 272 g/mol. The predicted octanol–water partition coefficient (Wildman–Crippen LogP) is 1.14. The van der Waals surface area contributed by atoms with Crippen LogP contribution in [0.2, 0.25) is 0 Å². The van der Waals surface area contributed by atoms with Crippen LogP contribution in [0.1, 0.15) is 22.0 Å². The quantitative estimate of drug-likeness (QED) is 0.572. The van der Waals surface area contributed by atoms with Crippen molar-refractivity contribution in [2.45, 2.75) is 6.04 Å². The third-order valence-corrected chi connectivity index (χ3v) is 3.02. The topological polar surface area (TPSA) is 96.4 Å². The summed E-state index contributed by atoms with van der Waals surface area (Å²) < 4.78 is 5.55. The van der Waals surface area contributed by atoms with Crippen molar-refractivity contribution < 1.29 is 14.7 Å². The van der Waals surface area contributed by atoms with Crippen LogP contribution in [0.25, 0.3) is 0 Å². The Labute approximate surface area is 114 Å². The van der Waals surface area contributed by atoms with Crippen LogP contribution in [0, 0.1) is 0 Å². The van der Waals surface area contributed by atoms with E-state index in [0.29, 0.717) is 12.6 Å². The lowest BCUT2D eigenvalue weighted by Crippen LogP contribution is -2.20. The van der Waals surface area contributed by atoms with Crippen molar-refractivity contribution >= 4 is 11.9 Å². The van der Waals surface area contributed by atoms with Crippen LogP contribution in [-0.2, 0) is 0 Å². The number of benzene rings is 1. The molecule has 0 radical (unpaired) electrons. The molecule has 0 saturated carbocycles. The Morgan fingerprint density at radius 1 is 1.30 bits per heavy atom. The van der Waals surface area contributed by atoms with Crippen molar-refractivity contribution in [3.63, 3.8) is 0 Å². The highest BCUT2D eigenvalue weighted by atomic mass is 16.5. The van der Waals surface area contributed by atoms with Gasteiger partial charge in [0.2, 0.25) is 5.95 Å². The predicted molar refractivity (Wildman–Crippen MR) is 69.6 cm³/mol. The first-order valence-corrected chi connectivity index (χ1v) is 6.02. The third-order valence-electron chi connectivity index (χ3n) is 3.02. The molecule has 0 saturated heterocycles. The molecule has 7 heteroatoms. The summed E-state index contributed by atoms with van der Waals surface area (Å²) in [7, 11) is 0. The average Bonchev–Trinajstić information content (AvgIpc) is 2.91. The van der Waals surface area contributed by atoms with Crippen molar-refractivity contribution in [1.82, 2.24) is 15.4 Å². The summed E-state index contributed by atoms with van der Waals surface area (Å²) in [4.78, 5) is 19.2. The van der Waals surface area contributed by atoms with Crippen molar-refractivity contribution in [3.8, 4) is 5.75 Å². The third kappa shape index (κ3) is 2.26. The van der Waals surface area contributed by atoms with Crippen LogP contribution in [0.3, 0.4) is 0 Å². The number of anilines is 1. The number of para-hydroxylation sites is 1. The fraction of sp³-hybridized carbons (Fsp3) is 0.154. The summed E-state index contributed by atoms with van der Waals surface area (Å²) in [5.41, 5.74) is 2.76. The van der Waals surface area contributed by atoms with Gasteiger partial charge in [0.05, 0.1) is 11.6 Å². The Morgan fingerprint density at radius 2 is 2.05 bits per heavy atom. The maximum Gasteiger partial charge on any atom is 0.277 e. The number of nitrogens with one attached hydrogen (secondary N) is 2. The van der Waals surface area contributed by atoms with Gasteiger partial charge in [-0.3, -0.25) is 10.0 Å². The van der Waals surface area contributed by atoms with Crippen LogP contribution in [0.4, 0.5) is 5.95 Å². The minimum atomic E-state index is -0.647. The van der Waals surface area contributed by atoms with E-state index < -0.39 is 5.91 Å². The van der Waals surface area contributed by atoms with Crippen molar-refractivity contribution in [2.24, 2.45) is 0 Å². The second-order valence-corrected chi connectivity index (χ2v) is 4.28. The molecule has 1 aromatic heterocycles. The smallest absolute Gasteiger partial charge is 0.277 e. The van der Waals surface area contributed by atoms with E-state index >= 15 is 0 Å². The second-order valence-electron chi connectivity index (χ2n) is 4.28. The molecule has 0 bridgehead atoms. The normalized spacial score (nSPS) is 16.1. The number of ether oxygens (including phenoxy) is 1. The summed E-state index contributed by atoms with van der Waals surface area (Å²) in [6, 6.07) is 7.72. The molecule has 0 aliphatic carbocycles. The number of hydrogen-bond donors (Lipinski definition) is 3. The molecule has 1 aromatic carbocycles. The first kappa shape index (κ1) is 12.4. The molecule has 3 rings (SSSR count). The number of nitrogens with zero attached hydrogens (tertiary/aromatic N) is 2. The number of aromatic nitrogens is 2. The Bertz CT molecular complexity index is 630. The van der Waals surface area contributed by atoms with Crippen molar-refractivity contribution in [3.05, 3.63) is 47.8 Å². The number of rotatable bonds is 3. The largest absolute Gasteiger partial charge is 0.491 e. The molecular formula is C13H12N4O3. The number of carbonyl (C=O) groups excluding carboxylic acids is 1. The van der Waals surface area contributed by atoms with E-state index in [0.717, 1.165) is 11.3 Å². The summed E-state index contributed by atoms with van der Waals surface area (Å²) in [6.45, 7) is 0.502. The van der Waals surface area contributed by atoms with Gasteiger partial charge in [-0.25, -0.2) is 15.4 Å². The molecule has 20 heavy (non-hydrogen) atoms. The zero-order chi connectivity index (χ0) is 13.9. The Morgan fingerprint density at radius 3 is 2.80 bits per heavy atom. The fourth-order valence-corrected chi connectivity index (χ4v) is 2.02. The van der Waals surface area contributed by atoms with Gasteiger partial charge < -0.3 is 10.1 Å². The second kappa shape index (κ2) is 5.14. The standard InChI is InChI=1S/C13H12N4O3/c18-12(17-19)8-5-14-13(15-6-8)16-10-7-20-11-4-2-1-3-9(10)11/h1-6,10,19H,7H2,(H,17,18)(H,14,15,16)/t10-/m1/s1. The SMILES string of the molecule is O=C(NO)c1cnc(N[C@@H]2COc3ccccc32)nc1. The molecule has 0 spiro atoms. The highest BCUT2D eigenvalue weighted by molar-refractivity contribution is 5.92. The lowest BCUT2D eigenvalue weighted by Gasteiger charge is -2.11. The zero-order valence-corrected chi connectivity index (χ0v) is 10.4. The van der Waals surface area contributed by atoms with Crippen LogP contribution >= 0.6 is 0 Å². The summed E-state index contributed by atoms with van der Waals surface area (Å²) >= 11 is 0. The van der Waals surface area contributed by atoms with Gasteiger partial charge in [-0.1, -0.05) is 18.2 Å². The first-order chi connectivity index (χ1) is 9.78. The molecule has 1 aliphatic heterocycles. The van der Waals surface area contributed by atoms with E-state index in [1.165, 1.54) is 17.9 Å². The summed E-state index contributed by atoms with van der Waals surface area (Å²) in [5.74, 6) is 0.595. The molecule has 2 aromatic rings. The Kier molecular flexibility index (Phi) is 3.18. The van der Waals surface area contributed by atoms with Gasteiger partial charge in [-0.05, 0) is 6.07 Å². The highest BCUT2D eigenvalue weighted by Gasteiger charge is 2.24. The molecule has 1 amide bonds. The van der Waals surface area contributed by atoms with Crippen LogP contribution in [0.5, 0.6) is 5.75 Å². The van der Waals surface area contributed by atoms with Crippen LogP contribution in [0.15, 0.2) is 36.7 Å². The molecular weight excluding hydrogens is 260 g/mol. The fourth-order valence-electron chi connectivity index (χ4n) is 2.02. The molecule has 0 unspecified atom stereocenters. The lowest BCUT2D eigenvalue weighted by atomic mass is 10.1. The molecule has 102 valence electrons. The van der Waals surface area contributed by atoms with Gasteiger partial charge in [0.1, 0.15) is 12.4 Å². The molecule has 0 fully saturated rings. The van der Waals surface area contributed by atoms with Crippen LogP contribution < -0.4 is 15.5 Å². The number of carbonyl (C=O) groups is 1. The minimum Gasteiger partial charge on any atom is -0.491 e. The van der Waals surface area contributed by atoms with E-state index in [9.17, 15) is 4.79 Å². The number of hydroxylamine groups is 1. The van der Waals surface area contributed by atoms with Crippen molar-refractivity contribution in [2.75, 3.05) is 11.9 Å². The Hall–Kier alpha value is -2.67. The summed E-state index contributed by atoms with van der Waals surface area (Å²) in [6.07, 6.45) is 2.67. The van der Waals surface area contributed by atoms with E-state index in [1.54, 1.807) is 0 Å². The van der Waals surface area contributed by atoms with Gasteiger partial charge in [0.25, 0.3) is 5.91 Å². The zero-order valence-electron chi connectivity index (χ0n) is 10.4. The Balaban J connectivity index is 1.75. The molecule has 3 N–H and O–H groups in total. The van der Waals surface area contributed by atoms with Crippen LogP contribution in [-0.4, -0.2) is 27.7 Å². The van der Waals surface area contributed by atoms with Gasteiger partial charge >= 0.3 is 0 Å². The molecule has 7 nitrogen and oxygen atoms in total. The average molecular weight is 272 g/mol. The van der Waals surface area contributed by atoms with Crippen molar-refractivity contribution in [1.29, 1.82) is 0 Å². The molecule has 2 heterocycles. The molecule has 1 atom stereocenters. The van der Waals surface area contributed by atoms with Gasteiger partial charge in [0, 0.05) is 18.0 Å². The molecule has 1 aliphatic rings. The van der Waals surface area contributed by atoms with E-state index in [2.05, 4.69) is 15.3 Å². The maximum absolute atomic E-state index is 11.2. The van der Waals surface area contributed by atoms with Gasteiger partial charge in [-0.2, -0.15) is 0 Å². The minimum absolute atomic E-state index is 0.0243. The summed E-state index contributed by atoms with van der Waals surface area (Å²) in [5, 5.41) is 11.6. The highest BCUT2D eigenvalue weighted by Crippen LogP contribution is 2.33. The maximum atomic E-state index is 11.2. The van der Waals surface area contributed by atoms with E-state index in [1.807, 2.05) is 24.3 Å². The number of amides is 1. The van der Waals surface area contributed by atoms with E-state index in [-0.39, 0.29) is 11.6 Å². The van der Waals surface area contributed by atoms with E-state index in [4.69, 9.17) is 9.94 Å². The first-order valence-electron chi connectivity index (χ1n) is 6.02. The lowest BCUT2D eigenvalue weighted by molar-refractivity contribution is 0.0705. The number of fused-ring (bicyclic) bond motifs is 1. The van der Waals surface area contributed by atoms with Gasteiger partial charge in [0.15, 0.2) is 0 Å². The number of hydrogen-bond acceptors (Lipinski definition) is 6.